The molecule has 2 N–H and O–H groups in total. The number of benzene rings is 2. The summed E-state index contributed by atoms with van der Waals surface area (Å²) < 4.78 is 10.3. The second-order valence-electron chi connectivity index (χ2n) is 5.63. The quantitative estimate of drug-likeness (QED) is 0.665. The van der Waals surface area contributed by atoms with Crippen LogP contribution in [0.4, 0.5) is 5.69 Å². The van der Waals surface area contributed by atoms with Gasteiger partial charge in [0, 0.05) is 10.9 Å². The van der Waals surface area contributed by atoms with E-state index in [0.29, 0.717) is 22.4 Å². The molecule has 0 fully saturated rings. The van der Waals surface area contributed by atoms with Crippen LogP contribution in [0, 0.1) is 0 Å². The number of aryl methyl sites for hydroxylation is 1. The summed E-state index contributed by atoms with van der Waals surface area (Å²) in [6.45, 7) is 2.04. The number of carbonyl (C=O) groups excluding carboxylic acids is 1. The average molecular weight is 353 g/mol. The molecule has 134 valence electrons. The fourth-order valence-electron chi connectivity index (χ4n) is 2.65. The van der Waals surface area contributed by atoms with Crippen molar-refractivity contribution in [2.24, 2.45) is 10.2 Å². The summed E-state index contributed by atoms with van der Waals surface area (Å²) in [4.78, 5) is 15.2. The molecule has 7 nitrogen and oxygen atoms in total. The van der Waals surface area contributed by atoms with Crippen LogP contribution in [0.15, 0.2) is 46.6 Å². The topological polar surface area (TPSA) is 96.3 Å². The predicted molar refractivity (Wildman–Crippen MR) is 97.7 cm³/mol. The maximum absolute atomic E-state index is 12.3. The lowest BCUT2D eigenvalue weighted by Gasteiger charge is -2.07. The van der Waals surface area contributed by atoms with E-state index in [2.05, 4.69) is 15.2 Å². The Morgan fingerprint density at radius 3 is 2.58 bits per heavy atom. The zero-order valence-corrected chi connectivity index (χ0v) is 14.7. The molecular formula is C19H19N3O4. The van der Waals surface area contributed by atoms with Crippen LogP contribution < -0.4 is 9.47 Å². The number of amides is 1. The number of azo groups is 1. The Morgan fingerprint density at radius 1 is 1.12 bits per heavy atom. The van der Waals surface area contributed by atoms with Gasteiger partial charge in [0.15, 0.2) is 17.2 Å². The van der Waals surface area contributed by atoms with E-state index in [1.54, 1.807) is 12.1 Å². The van der Waals surface area contributed by atoms with Gasteiger partial charge in [-0.3, -0.25) is 4.79 Å². The molecular weight excluding hydrogens is 334 g/mol. The second-order valence-corrected chi connectivity index (χ2v) is 5.63. The molecule has 3 aromatic rings. The Balaban J connectivity index is 1.93. The Morgan fingerprint density at radius 2 is 1.88 bits per heavy atom. The maximum atomic E-state index is 12.3. The van der Waals surface area contributed by atoms with Gasteiger partial charge >= 0.3 is 0 Å². The number of fused-ring (bicyclic) bond motifs is 1. The minimum absolute atomic E-state index is 0.128. The molecule has 0 unspecified atom stereocenters. The normalized spacial score (nSPS) is 11.2. The van der Waals surface area contributed by atoms with Gasteiger partial charge in [0.05, 0.1) is 19.7 Å². The molecule has 1 heterocycles. The zero-order valence-electron chi connectivity index (χ0n) is 14.7. The summed E-state index contributed by atoms with van der Waals surface area (Å²) in [7, 11) is 3.01. The molecule has 26 heavy (non-hydrogen) atoms. The first-order chi connectivity index (χ1) is 12.6. The highest BCUT2D eigenvalue weighted by molar-refractivity contribution is 5.97. The van der Waals surface area contributed by atoms with Crippen LogP contribution in [-0.4, -0.2) is 30.2 Å². The van der Waals surface area contributed by atoms with Crippen molar-refractivity contribution >= 4 is 22.5 Å². The van der Waals surface area contributed by atoms with E-state index in [1.165, 1.54) is 20.3 Å². The highest BCUT2D eigenvalue weighted by atomic mass is 16.5. The number of methoxy groups -OCH3 is 2. The number of carbonyl (C=O) groups is 1. The van der Waals surface area contributed by atoms with Gasteiger partial charge in [-0.2, -0.15) is 0 Å². The third-order valence-electron chi connectivity index (χ3n) is 4.10. The first-order valence-corrected chi connectivity index (χ1v) is 8.09. The Bertz CT molecular complexity index is 992. The molecule has 1 amide bonds. The lowest BCUT2D eigenvalue weighted by Crippen LogP contribution is -1.97. The van der Waals surface area contributed by atoms with Crippen LogP contribution in [0.5, 0.6) is 17.4 Å². The number of nitrogens with one attached hydrogen (secondary N) is 1. The van der Waals surface area contributed by atoms with Gasteiger partial charge in [0.25, 0.3) is 5.91 Å². The lowest BCUT2D eigenvalue weighted by molar-refractivity contribution is 0.0994. The van der Waals surface area contributed by atoms with Gasteiger partial charge < -0.3 is 19.6 Å². The molecule has 0 saturated carbocycles. The van der Waals surface area contributed by atoms with Crippen molar-refractivity contribution in [3.8, 4) is 17.4 Å². The highest BCUT2D eigenvalue weighted by Gasteiger charge is 2.13. The molecule has 0 spiro atoms. The maximum Gasteiger partial charge on any atom is 0.295 e. The number of nitrogens with zero attached hydrogens (tertiary/aromatic N) is 2. The smallest absolute Gasteiger partial charge is 0.295 e. The Hall–Kier alpha value is -3.35. The van der Waals surface area contributed by atoms with Crippen molar-refractivity contribution in [2.45, 2.75) is 13.3 Å². The number of H-pyrrole nitrogens is 1. The lowest BCUT2D eigenvalue weighted by atomic mass is 10.1. The number of hydrogen-bond donors (Lipinski definition) is 2. The SMILES string of the molecule is CCc1ccc2[nH]c(O)c(N=NC(=O)c3ccc(OC)c(OC)c3)c2c1. The largest absolute Gasteiger partial charge is 0.493 e. The van der Waals surface area contributed by atoms with Crippen LogP contribution in [0.1, 0.15) is 22.8 Å². The van der Waals surface area contributed by atoms with E-state index < -0.39 is 5.91 Å². The minimum Gasteiger partial charge on any atom is -0.493 e. The first-order valence-electron chi connectivity index (χ1n) is 8.09. The summed E-state index contributed by atoms with van der Waals surface area (Å²) in [6.07, 6.45) is 0.850. The number of hydrogen-bond acceptors (Lipinski definition) is 5. The summed E-state index contributed by atoms with van der Waals surface area (Å²) >= 11 is 0. The fraction of sp³-hybridized carbons (Fsp3) is 0.211. The predicted octanol–water partition coefficient (Wildman–Crippen LogP) is 4.38. The summed E-state index contributed by atoms with van der Waals surface area (Å²) in [5.74, 6) is 0.266. The van der Waals surface area contributed by atoms with Gasteiger partial charge in [0.1, 0.15) is 0 Å². The average Bonchev–Trinajstić information content (AvgIpc) is 2.99. The van der Waals surface area contributed by atoms with Gasteiger partial charge in [-0.05, 0) is 42.3 Å². The van der Waals surface area contributed by atoms with E-state index in [9.17, 15) is 9.90 Å². The summed E-state index contributed by atoms with van der Waals surface area (Å²) in [6, 6.07) is 10.5. The Labute approximate surface area is 150 Å². The van der Waals surface area contributed by atoms with Crippen LogP contribution in [0.3, 0.4) is 0 Å². The van der Waals surface area contributed by atoms with Crippen molar-refractivity contribution in [2.75, 3.05) is 14.2 Å². The van der Waals surface area contributed by atoms with Gasteiger partial charge in [-0.15, -0.1) is 10.2 Å². The Kier molecular flexibility index (Phi) is 4.88. The molecule has 3 rings (SSSR count). The van der Waals surface area contributed by atoms with E-state index in [1.807, 2.05) is 25.1 Å². The van der Waals surface area contributed by atoms with Crippen molar-refractivity contribution in [1.29, 1.82) is 0 Å². The molecule has 2 aromatic carbocycles. The van der Waals surface area contributed by atoms with Gasteiger partial charge in [0.2, 0.25) is 5.88 Å². The summed E-state index contributed by atoms with van der Waals surface area (Å²) in [5, 5.41) is 18.5. The van der Waals surface area contributed by atoms with Crippen LogP contribution in [-0.2, 0) is 6.42 Å². The van der Waals surface area contributed by atoms with Crippen molar-refractivity contribution in [3.63, 3.8) is 0 Å². The van der Waals surface area contributed by atoms with E-state index in [4.69, 9.17) is 9.47 Å². The highest BCUT2D eigenvalue weighted by Crippen LogP contribution is 2.36. The van der Waals surface area contributed by atoms with Crippen LogP contribution >= 0.6 is 0 Å². The van der Waals surface area contributed by atoms with E-state index in [0.717, 1.165) is 17.5 Å². The number of rotatable bonds is 5. The number of aromatic nitrogens is 1. The number of aromatic amines is 1. The van der Waals surface area contributed by atoms with Crippen molar-refractivity contribution < 1.29 is 19.4 Å². The molecule has 0 aliphatic heterocycles. The standard InChI is InChI=1S/C19H19N3O4/c1-4-11-5-7-14-13(9-11)17(19(24)20-14)21-22-18(23)12-6-8-15(25-2)16(10-12)26-3/h5-10,20,24H,4H2,1-3H3. The van der Waals surface area contributed by atoms with Crippen LogP contribution in [0.25, 0.3) is 10.9 Å². The molecule has 0 atom stereocenters. The number of aromatic hydroxyl groups is 1. The van der Waals surface area contributed by atoms with Gasteiger partial charge in [-0.25, -0.2) is 0 Å². The third kappa shape index (κ3) is 3.23. The van der Waals surface area contributed by atoms with Gasteiger partial charge in [-0.1, -0.05) is 13.0 Å². The van der Waals surface area contributed by atoms with Crippen molar-refractivity contribution in [3.05, 3.63) is 47.5 Å². The molecule has 7 heteroatoms. The molecule has 0 aliphatic carbocycles. The molecule has 0 bridgehead atoms. The van der Waals surface area contributed by atoms with E-state index in [-0.39, 0.29) is 11.6 Å². The third-order valence-corrected chi connectivity index (χ3v) is 4.10. The number of ether oxygens (including phenoxy) is 2. The minimum atomic E-state index is -0.550. The molecule has 1 aromatic heterocycles. The van der Waals surface area contributed by atoms with Crippen LogP contribution in [0.2, 0.25) is 0 Å². The van der Waals surface area contributed by atoms with Crippen molar-refractivity contribution in [1.82, 2.24) is 4.98 Å². The zero-order chi connectivity index (χ0) is 18.7. The molecule has 0 saturated heterocycles. The fourth-order valence-corrected chi connectivity index (χ4v) is 2.65. The molecule has 0 radical (unpaired) electrons. The molecule has 0 aliphatic rings. The summed E-state index contributed by atoms with van der Waals surface area (Å²) in [5.41, 5.74) is 2.37. The monoisotopic (exact) mass is 353 g/mol. The van der Waals surface area contributed by atoms with E-state index >= 15 is 0 Å². The first kappa shape index (κ1) is 17.5. The second kappa shape index (κ2) is 7.26.